The first-order valence-corrected chi connectivity index (χ1v) is 6.86. The fourth-order valence-corrected chi connectivity index (χ4v) is 2.69. The van der Waals surface area contributed by atoms with E-state index in [0.717, 1.165) is 30.8 Å². The van der Waals surface area contributed by atoms with Gasteiger partial charge in [0.25, 0.3) is 0 Å². The van der Waals surface area contributed by atoms with Crippen molar-refractivity contribution in [2.45, 2.75) is 59.7 Å². The zero-order chi connectivity index (χ0) is 12.1. The molecule has 1 aliphatic heterocycles. The van der Waals surface area contributed by atoms with E-state index in [2.05, 4.69) is 39.9 Å². The Balaban J connectivity index is 2.18. The average Bonchev–Trinajstić information content (AvgIpc) is 2.57. The molecule has 16 heavy (non-hydrogen) atoms. The number of rotatable bonds is 6. The minimum absolute atomic E-state index is 0.454. The summed E-state index contributed by atoms with van der Waals surface area (Å²) in [7, 11) is 0. The molecule has 1 rings (SSSR count). The Labute approximate surface area is 101 Å². The second-order valence-corrected chi connectivity index (χ2v) is 5.96. The third kappa shape index (κ3) is 4.42. The van der Waals surface area contributed by atoms with Crippen molar-refractivity contribution in [2.75, 3.05) is 13.1 Å². The highest BCUT2D eigenvalue weighted by molar-refractivity contribution is 4.75. The topological polar surface area (TPSA) is 21.3 Å². The third-order valence-electron chi connectivity index (χ3n) is 3.78. The molecule has 0 aromatic carbocycles. The van der Waals surface area contributed by atoms with E-state index < -0.39 is 0 Å². The summed E-state index contributed by atoms with van der Waals surface area (Å²) < 4.78 is 5.80. The van der Waals surface area contributed by atoms with Crippen molar-refractivity contribution in [2.24, 2.45) is 17.8 Å². The highest BCUT2D eigenvalue weighted by Crippen LogP contribution is 2.21. The van der Waals surface area contributed by atoms with Gasteiger partial charge in [0.1, 0.15) is 0 Å². The fraction of sp³-hybridized carbons (Fsp3) is 1.00. The molecule has 1 saturated heterocycles. The normalized spacial score (nSPS) is 26.2. The zero-order valence-electron chi connectivity index (χ0n) is 11.6. The summed E-state index contributed by atoms with van der Waals surface area (Å²) in [5.41, 5.74) is 0. The second kappa shape index (κ2) is 6.61. The van der Waals surface area contributed by atoms with Gasteiger partial charge in [0, 0.05) is 6.54 Å². The van der Waals surface area contributed by atoms with Gasteiger partial charge in [-0.25, -0.2) is 0 Å². The Morgan fingerprint density at radius 1 is 1.12 bits per heavy atom. The maximum atomic E-state index is 5.80. The van der Waals surface area contributed by atoms with E-state index in [-0.39, 0.29) is 0 Å². The molecule has 1 heterocycles. The predicted molar refractivity (Wildman–Crippen MR) is 69.6 cm³/mol. The Morgan fingerprint density at radius 3 is 2.19 bits per heavy atom. The molecule has 2 heteroatoms. The van der Waals surface area contributed by atoms with E-state index in [1.807, 2.05) is 0 Å². The van der Waals surface area contributed by atoms with Crippen LogP contribution in [0, 0.1) is 17.8 Å². The van der Waals surface area contributed by atoms with Crippen molar-refractivity contribution in [3.8, 4) is 0 Å². The van der Waals surface area contributed by atoms with Gasteiger partial charge in [0.2, 0.25) is 0 Å². The van der Waals surface area contributed by atoms with Crippen LogP contribution in [0.4, 0.5) is 0 Å². The summed E-state index contributed by atoms with van der Waals surface area (Å²) in [5, 5.41) is 3.59. The summed E-state index contributed by atoms with van der Waals surface area (Å²) in [6.07, 6.45) is 3.37. The van der Waals surface area contributed by atoms with Crippen molar-refractivity contribution >= 4 is 0 Å². The first kappa shape index (κ1) is 14.0. The lowest BCUT2D eigenvalue weighted by molar-refractivity contribution is 0.0546. The van der Waals surface area contributed by atoms with E-state index in [0.29, 0.717) is 12.2 Å². The zero-order valence-corrected chi connectivity index (χ0v) is 11.6. The number of ether oxygens (including phenoxy) is 1. The fourth-order valence-electron chi connectivity index (χ4n) is 2.69. The SMILES string of the molecule is CC1CCC(CNCC(C(C)C)C(C)C)O1. The summed E-state index contributed by atoms with van der Waals surface area (Å²) in [6.45, 7) is 13.6. The van der Waals surface area contributed by atoms with Gasteiger partial charge in [-0.1, -0.05) is 27.7 Å². The molecule has 1 N–H and O–H groups in total. The van der Waals surface area contributed by atoms with Crippen LogP contribution >= 0.6 is 0 Å². The van der Waals surface area contributed by atoms with Gasteiger partial charge in [-0.3, -0.25) is 0 Å². The quantitative estimate of drug-likeness (QED) is 0.753. The molecule has 0 aliphatic carbocycles. The molecule has 0 aromatic heterocycles. The standard InChI is InChI=1S/C14H29NO/c1-10(2)14(11(3)4)9-15-8-13-7-6-12(5)16-13/h10-15H,6-9H2,1-5H3. The number of hydrogen-bond acceptors (Lipinski definition) is 2. The van der Waals surface area contributed by atoms with Gasteiger partial charge in [-0.15, -0.1) is 0 Å². The van der Waals surface area contributed by atoms with Crippen LogP contribution in [-0.2, 0) is 4.74 Å². The molecule has 1 aliphatic rings. The largest absolute Gasteiger partial charge is 0.374 e. The van der Waals surface area contributed by atoms with Gasteiger partial charge in [-0.05, 0) is 44.1 Å². The smallest absolute Gasteiger partial charge is 0.0704 e. The van der Waals surface area contributed by atoms with Gasteiger partial charge >= 0.3 is 0 Å². The molecule has 96 valence electrons. The highest BCUT2D eigenvalue weighted by atomic mass is 16.5. The molecule has 0 spiro atoms. The number of nitrogens with one attached hydrogen (secondary N) is 1. The first-order valence-electron chi connectivity index (χ1n) is 6.86. The predicted octanol–water partition coefficient (Wildman–Crippen LogP) is 3.07. The monoisotopic (exact) mass is 227 g/mol. The molecule has 0 saturated carbocycles. The molecule has 0 aromatic rings. The van der Waals surface area contributed by atoms with Crippen LogP contribution in [0.3, 0.4) is 0 Å². The number of hydrogen-bond donors (Lipinski definition) is 1. The lowest BCUT2D eigenvalue weighted by Crippen LogP contribution is -2.34. The van der Waals surface area contributed by atoms with Crippen LogP contribution in [0.15, 0.2) is 0 Å². The Hall–Kier alpha value is -0.0800. The van der Waals surface area contributed by atoms with Gasteiger partial charge in [-0.2, -0.15) is 0 Å². The van der Waals surface area contributed by atoms with Crippen LogP contribution < -0.4 is 5.32 Å². The molecule has 1 fully saturated rings. The maximum absolute atomic E-state index is 5.80. The second-order valence-electron chi connectivity index (χ2n) is 5.96. The minimum atomic E-state index is 0.454. The lowest BCUT2D eigenvalue weighted by Gasteiger charge is -2.25. The van der Waals surface area contributed by atoms with Crippen molar-refractivity contribution < 1.29 is 4.74 Å². The molecule has 0 amide bonds. The molecule has 2 atom stereocenters. The summed E-state index contributed by atoms with van der Waals surface area (Å²) in [4.78, 5) is 0. The molecular formula is C14H29NO. The summed E-state index contributed by atoms with van der Waals surface area (Å²) in [6, 6.07) is 0. The van der Waals surface area contributed by atoms with Crippen LogP contribution in [0.25, 0.3) is 0 Å². The van der Waals surface area contributed by atoms with Crippen LogP contribution in [-0.4, -0.2) is 25.3 Å². The van der Waals surface area contributed by atoms with Gasteiger partial charge in [0.15, 0.2) is 0 Å². The third-order valence-corrected chi connectivity index (χ3v) is 3.78. The summed E-state index contributed by atoms with van der Waals surface area (Å²) >= 11 is 0. The van der Waals surface area contributed by atoms with Crippen LogP contribution in [0.5, 0.6) is 0 Å². The van der Waals surface area contributed by atoms with Crippen molar-refractivity contribution in [1.82, 2.24) is 5.32 Å². The van der Waals surface area contributed by atoms with E-state index >= 15 is 0 Å². The Morgan fingerprint density at radius 2 is 1.75 bits per heavy atom. The summed E-state index contributed by atoms with van der Waals surface area (Å²) in [5.74, 6) is 2.30. The highest BCUT2D eigenvalue weighted by Gasteiger charge is 2.22. The first-order chi connectivity index (χ1) is 7.50. The van der Waals surface area contributed by atoms with E-state index in [1.165, 1.54) is 12.8 Å². The van der Waals surface area contributed by atoms with Crippen molar-refractivity contribution in [3.63, 3.8) is 0 Å². The van der Waals surface area contributed by atoms with E-state index in [9.17, 15) is 0 Å². The van der Waals surface area contributed by atoms with Crippen molar-refractivity contribution in [1.29, 1.82) is 0 Å². The molecule has 2 unspecified atom stereocenters. The molecule has 0 bridgehead atoms. The molecular weight excluding hydrogens is 198 g/mol. The lowest BCUT2D eigenvalue weighted by atomic mass is 9.85. The van der Waals surface area contributed by atoms with Crippen molar-refractivity contribution in [3.05, 3.63) is 0 Å². The molecule has 0 radical (unpaired) electrons. The average molecular weight is 227 g/mol. The molecule has 2 nitrogen and oxygen atoms in total. The minimum Gasteiger partial charge on any atom is -0.374 e. The van der Waals surface area contributed by atoms with Gasteiger partial charge < -0.3 is 10.1 Å². The van der Waals surface area contributed by atoms with Crippen LogP contribution in [0.2, 0.25) is 0 Å². The van der Waals surface area contributed by atoms with E-state index in [1.54, 1.807) is 0 Å². The van der Waals surface area contributed by atoms with E-state index in [4.69, 9.17) is 4.74 Å². The Kier molecular flexibility index (Phi) is 5.77. The Bertz CT molecular complexity index is 183. The van der Waals surface area contributed by atoms with Crippen LogP contribution in [0.1, 0.15) is 47.5 Å². The maximum Gasteiger partial charge on any atom is 0.0704 e. The van der Waals surface area contributed by atoms with Gasteiger partial charge in [0.05, 0.1) is 12.2 Å².